The number of aromatic nitrogens is 2. The van der Waals surface area contributed by atoms with Gasteiger partial charge in [-0.2, -0.15) is 5.10 Å². The lowest BCUT2D eigenvalue weighted by Crippen LogP contribution is -2.37. The van der Waals surface area contributed by atoms with E-state index in [1.807, 2.05) is 4.68 Å². The van der Waals surface area contributed by atoms with Crippen molar-refractivity contribution in [3.8, 4) is 0 Å². The van der Waals surface area contributed by atoms with E-state index >= 15 is 0 Å². The quantitative estimate of drug-likeness (QED) is 0.878. The Balaban J connectivity index is 2.14. The molecule has 0 aromatic carbocycles. The van der Waals surface area contributed by atoms with E-state index in [0.29, 0.717) is 12.0 Å². The van der Waals surface area contributed by atoms with Gasteiger partial charge in [0.15, 0.2) is 0 Å². The monoisotopic (exact) mass is 298 g/mol. The number of hydrogen-bond donors (Lipinski definition) is 1. The van der Waals surface area contributed by atoms with E-state index in [0.717, 1.165) is 42.5 Å². The first-order valence-corrected chi connectivity index (χ1v) is 8.14. The molecule has 0 bridgehead atoms. The normalized spacial score (nSPS) is 22.9. The smallest absolute Gasteiger partial charge is 0.0863 e. The lowest BCUT2D eigenvalue weighted by Gasteiger charge is -2.29. The molecule has 0 spiro atoms. The summed E-state index contributed by atoms with van der Waals surface area (Å²) < 4.78 is 2.05. The maximum atomic E-state index is 6.49. The molecule has 1 fully saturated rings. The van der Waals surface area contributed by atoms with Crippen LogP contribution in [0.5, 0.6) is 0 Å². The fourth-order valence-corrected chi connectivity index (χ4v) is 3.72. The molecule has 0 amide bonds. The van der Waals surface area contributed by atoms with Gasteiger partial charge in [0.2, 0.25) is 0 Å². The van der Waals surface area contributed by atoms with Crippen molar-refractivity contribution >= 4 is 11.6 Å². The molecule has 1 aromatic rings. The van der Waals surface area contributed by atoms with E-state index in [2.05, 4.69) is 30.9 Å². The molecular formula is C15H27ClN4. The van der Waals surface area contributed by atoms with E-state index in [1.165, 1.54) is 19.3 Å². The van der Waals surface area contributed by atoms with E-state index < -0.39 is 0 Å². The maximum Gasteiger partial charge on any atom is 0.0863 e. The topological polar surface area (TPSA) is 47.1 Å². The van der Waals surface area contributed by atoms with Gasteiger partial charge in [0.1, 0.15) is 0 Å². The fourth-order valence-electron chi connectivity index (χ4n) is 3.39. The van der Waals surface area contributed by atoms with Gasteiger partial charge in [0.25, 0.3) is 0 Å². The average molecular weight is 299 g/mol. The van der Waals surface area contributed by atoms with Crippen molar-refractivity contribution in [3.05, 3.63) is 16.4 Å². The van der Waals surface area contributed by atoms with Crippen LogP contribution < -0.4 is 5.73 Å². The summed E-state index contributed by atoms with van der Waals surface area (Å²) in [5, 5.41) is 5.45. The molecule has 0 aliphatic heterocycles. The summed E-state index contributed by atoms with van der Waals surface area (Å²) in [6.07, 6.45) is 4.68. The highest BCUT2D eigenvalue weighted by Crippen LogP contribution is 2.31. The molecule has 4 nitrogen and oxygen atoms in total. The van der Waals surface area contributed by atoms with Gasteiger partial charge < -0.3 is 5.73 Å². The summed E-state index contributed by atoms with van der Waals surface area (Å²) in [6, 6.07) is 0.585. The van der Waals surface area contributed by atoms with Gasteiger partial charge in [-0.25, -0.2) is 0 Å². The van der Waals surface area contributed by atoms with Gasteiger partial charge >= 0.3 is 0 Å². The molecule has 114 valence electrons. The summed E-state index contributed by atoms with van der Waals surface area (Å²) in [4.78, 5) is 2.42. The van der Waals surface area contributed by atoms with E-state index in [1.54, 1.807) is 0 Å². The SMILES string of the molecule is CCc1nn(CC)c(CN(C)C2CCCC2CN)c1Cl. The first-order valence-electron chi connectivity index (χ1n) is 7.76. The molecule has 5 heteroatoms. The number of aryl methyl sites for hydroxylation is 2. The molecule has 1 aliphatic carbocycles. The predicted octanol–water partition coefficient (Wildman–Crippen LogP) is 2.68. The van der Waals surface area contributed by atoms with Crippen molar-refractivity contribution in [3.63, 3.8) is 0 Å². The lowest BCUT2D eigenvalue weighted by atomic mass is 10.0. The molecule has 1 aromatic heterocycles. The van der Waals surface area contributed by atoms with E-state index in [9.17, 15) is 0 Å². The zero-order chi connectivity index (χ0) is 14.7. The number of rotatable bonds is 6. The minimum atomic E-state index is 0.585. The minimum Gasteiger partial charge on any atom is -0.330 e. The Morgan fingerprint density at radius 2 is 2.15 bits per heavy atom. The molecule has 2 atom stereocenters. The minimum absolute atomic E-state index is 0.585. The van der Waals surface area contributed by atoms with Gasteiger partial charge in [-0.05, 0) is 45.7 Å². The van der Waals surface area contributed by atoms with Crippen LogP contribution in [0.1, 0.15) is 44.5 Å². The molecule has 2 unspecified atom stereocenters. The Hall–Kier alpha value is -0.580. The van der Waals surface area contributed by atoms with Crippen LogP contribution in [0.4, 0.5) is 0 Å². The molecular weight excluding hydrogens is 272 g/mol. The summed E-state index contributed by atoms with van der Waals surface area (Å²) in [6.45, 7) is 6.73. The molecule has 0 radical (unpaired) electrons. The Labute approximate surface area is 127 Å². The fraction of sp³-hybridized carbons (Fsp3) is 0.800. The Bertz CT molecular complexity index is 443. The number of hydrogen-bond acceptors (Lipinski definition) is 3. The molecule has 1 saturated carbocycles. The van der Waals surface area contributed by atoms with Crippen molar-refractivity contribution in [2.24, 2.45) is 11.7 Å². The van der Waals surface area contributed by atoms with Crippen LogP contribution >= 0.6 is 11.6 Å². The second-order valence-electron chi connectivity index (χ2n) is 5.79. The molecule has 0 saturated heterocycles. The standard InChI is InChI=1S/C15H27ClN4/c1-4-12-15(16)14(20(5-2)18-12)10-19(3)13-8-6-7-11(13)9-17/h11,13H,4-10,17H2,1-3H3. The molecule has 2 rings (SSSR count). The average Bonchev–Trinajstić information content (AvgIpc) is 3.04. The lowest BCUT2D eigenvalue weighted by molar-refractivity contribution is 0.188. The van der Waals surface area contributed by atoms with Crippen molar-refractivity contribution in [1.82, 2.24) is 14.7 Å². The van der Waals surface area contributed by atoms with Crippen LogP contribution in [0, 0.1) is 5.92 Å². The highest BCUT2D eigenvalue weighted by Gasteiger charge is 2.30. The Morgan fingerprint density at radius 1 is 1.40 bits per heavy atom. The molecule has 1 aliphatic rings. The number of halogens is 1. The third-order valence-corrected chi connectivity index (χ3v) is 5.02. The van der Waals surface area contributed by atoms with Gasteiger partial charge in [-0.3, -0.25) is 9.58 Å². The third-order valence-electron chi connectivity index (χ3n) is 4.58. The van der Waals surface area contributed by atoms with Crippen LogP contribution in [-0.2, 0) is 19.5 Å². The third kappa shape index (κ3) is 3.02. The predicted molar refractivity (Wildman–Crippen MR) is 83.9 cm³/mol. The van der Waals surface area contributed by atoms with Gasteiger partial charge in [0, 0.05) is 19.1 Å². The number of nitrogens with two attached hydrogens (primary N) is 1. The van der Waals surface area contributed by atoms with Crippen molar-refractivity contribution < 1.29 is 0 Å². The van der Waals surface area contributed by atoms with Crippen LogP contribution in [0.25, 0.3) is 0 Å². The van der Waals surface area contributed by atoms with Gasteiger partial charge in [0.05, 0.1) is 16.4 Å². The van der Waals surface area contributed by atoms with Crippen molar-refractivity contribution in [1.29, 1.82) is 0 Å². The maximum absolute atomic E-state index is 6.49. The highest BCUT2D eigenvalue weighted by atomic mass is 35.5. The molecule has 20 heavy (non-hydrogen) atoms. The summed E-state index contributed by atoms with van der Waals surface area (Å²) in [5.74, 6) is 0.627. The summed E-state index contributed by atoms with van der Waals surface area (Å²) in [5.41, 5.74) is 8.06. The molecule has 2 N–H and O–H groups in total. The van der Waals surface area contributed by atoms with E-state index in [-0.39, 0.29) is 0 Å². The van der Waals surface area contributed by atoms with Crippen molar-refractivity contribution in [2.45, 2.75) is 58.7 Å². The van der Waals surface area contributed by atoms with Crippen LogP contribution in [0.2, 0.25) is 5.02 Å². The Morgan fingerprint density at radius 3 is 2.75 bits per heavy atom. The van der Waals surface area contributed by atoms with Gasteiger partial charge in [-0.15, -0.1) is 0 Å². The van der Waals surface area contributed by atoms with Crippen LogP contribution in [-0.4, -0.2) is 34.3 Å². The number of nitrogens with zero attached hydrogens (tertiary/aromatic N) is 3. The van der Waals surface area contributed by atoms with Gasteiger partial charge in [-0.1, -0.05) is 24.9 Å². The highest BCUT2D eigenvalue weighted by molar-refractivity contribution is 6.31. The molecule has 1 heterocycles. The zero-order valence-electron chi connectivity index (χ0n) is 12.9. The summed E-state index contributed by atoms with van der Waals surface area (Å²) in [7, 11) is 2.19. The first kappa shape index (κ1) is 15.8. The second kappa shape index (κ2) is 6.92. The van der Waals surface area contributed by atoms with Crippen LogP contribution in [0.3, 0.4) is 0 Å². The van der Waals surface area contributed by atoms with Crippen LogP contribution in [0.15, 0.2) is 0 Å². The largest absolute Gasteiger partial charge is 0.330 e. The van der Waals surface area contributed by atoms with Crippen molar-refractivity contribution in [2.75, 3.05) is 13.6 Å². The van der Waals surface area contributed by atoms with E-state index in [4.69, 9.17) is 17.3 Å². The summed E-state index contributed by atoms with van der Waals surface area (Å²) >= 11 is 6.49. The first-order chi connectivity index (χ1) is 9.62. The zero-order valence-corrected chi connectivity index (χ0v) is 13.7. The second-order valence-corrected chi connectivity index (χ2v) is 6.16. The Kier molecular flexibility index (Phi) is 5.47.